The Kier molecular flexibility index (Phi) is 6.97. The largest absolute Gasteiger partial charge is 0.507 e. The maximum atomic E-state index is 13.9. The number of methoxy groups -OCH3 is 1. The molecule has 6 N–H and O–H groups in total. The first-order valence-corrected chi connectivity index (χ1v) is 12.2. The SMILES string of the molecule is COC(=O)C#Cc1cc(N(C)C)c2c(c1O)C(O)=C1C(=O)[C@]3(O)C(=O)C(C(N)=O)C(O)C(N(C)C)[C@@H]3C[C@@H]1C2. The normalized spacial score (nSPS) is 29.6. The van der Waals surface area contributed by atoms with Crippen molar-refractivity contribution in [1.29, 1.82) is 0 Å². The summed E-state index contributed by atoms with van der Waals surface area (Å²) < 4.78 is 4.52. The van der Waals surface area contributed by atoms with E-state index in [2.05, 4.69) is 16.6 Å². The predicted octanol–water partition coefficient (Wildman–Crippen LogP) is -1.28. The number of nitrogens with two attached hydrogens (primary N) is 1. The number of aliphatic hydroxyl groups is 3. The number of Topliss-reactive ketones (excluding diaryl/α,β-unsaturated/α-hetero) is 2. The summed E-state index contributed by atoms with van der Waals surface area (Å²) in [5.74, 6) is -4.43. The molecule has 1 aromatic rings. The van der Waals surface area contributed by atoms with Crippen molar-refractivity contribution in [2.45, 2.75) is 30.6 Å². The number of carbonyl (C=O) groups excluding carboxylic acids is 4. The number of hydrogen-bond donors (Lipinski definition) is 5. The average Bonchev–Trinajstić information content (AvgIpc) is 2.84. The Balaban J connectivity index is 1.96. The molecule has 0 radical (unpaired) electrons. The minimum atomic E-state index is -2.74. The lowest BCUT2D eigenvalue weighted by Gasteiger charge is -2.53. The first-order chi connectivity index (χ1) is 18.2. The Morgan fingerprint density at radius 3 is 2.36 bits per heavy atom. The molecule has 0 saturated heterocycles. The number of phenolic OH excluding ortho intramolecular Hbond substituents is 1. The van der Waals surface area contributed by atoms with E-state index in [0.29, 0.717) is 11.3 Å². The lowest BCUT2D eigenvalue weighted by molar-refractivity contribution is -0.184. The number of carbonyl (C=O) groups is 4. The van der Waals surface area contributed by atoms with Gasteiger partial charge >= 0.3 is 5.97 Å². The fraction of sp³-hybridized carbons (Fsp3) is 0.481. The zero-order valence-electron chi connectivity index (χ0n) is 22.2. The Bertz CT molecular complexity index is 1390. The van der Waals surface area contributed by atoms with Crippen LogP contribution in [0.15, 0.2) is 11.6 Å². The molecule has 39 heavy (non-hydrogen) atoms. The number of esters is 1. The van der Waals surface area contributed by atoms with Crippen molar-refractivity contribution in [3.8, 4) is 17.6 Å². The highest BCUT2D eigenvalue weighted by molar-refractivity contribution is 6.25. The van der Waals surface area contributed by atoms with Crippen LogP contribution in [0.1, 0.15) is 23.1 Å². The average molecular weight is 542 g/mol. The highest BCUT2D eigenvalue weighted by Crippen LogP contribution is 2.53. The van der Waals surface area contributed by atoms with Crippen LogP contribution >= 0.6 is 0 Å². The number of nitrogens with zero attached hydrogens (tertiary/aromatic N) is 2. The highest BCUT2D eigenvalue weighted by Gasteiger charge is 2.67. The second-order valence-corrected chi connectivity index (χ2v) is 10.6. The smallest absolute Gasteiger partial charge is 0.384 e. The van der Waals surface area contributed by atoms with Crippen LogP contribution in [0.2, 0.25) is 0 Å². The standard InChI is InChI=1S/C27H31N3O9/c1-29(2)15-10-11(6-7-16(31)39-5)21(32)18-13(15)8-12-9-14-20(30(3)4)23(34)19(26(28)37)25(36)27(14,38)24(35)17(12)22(18)33/h10,12,14,19-20,23,32-34,38H,8-9H2,1-5H3,(H2,28,37)/t12-,14-,19?,20?,23?,27-/m0/s1. The van der Waals surface area contributed by atoms with Gasteiger partial charge in [-0.1, -0.05) is 5.92 Å². The molecular weight excluding hydrogens is 510 g/mol. The zero-order valence-corrected chi connectivity index (χ0v) is 22.2. The second-order valence-electron chi connectivity index (χ2n) is 10.6. The maximum absolute atomic E-state index is 13.9. The van der Waals surface area contributed by atoms with Crippen molar-refractivity contribution < 1.29 is 44.3 Å². The quantitative estimate of drug-likeness (QED) is 0.174. The number of primary amides is 1. The van der Waals surface area contributed by atoms with E-state index in [1.165, 1.54) is 11.0 Å². The fourth-order valence-corrected chi connectivity index (χ4v) is 6.32. The minimum Gasteiger partial charge on any atom is -0.507 e. The molecule has 12 nitrogen and oxygen atoms in total. The van der Waals surface area contributed by atoms with Gasteiger partial charge in [0.15, 0.2) is 11.4 Å². The molecule has 2 fully saturated rings. The molecule has 12 heteroatoms. The van der Waals surface area contributed by atoms with Crippen LogP contribution in [-0.4, -0.2) is 102 Å². The number of fused-ring (bicyclic) bond motifs is 3. The number of anilines is 1. The van der Waals surface area contributed by atoms with E-state index in [4.69, 9.17) is 5.73 Å². The monoisotopic (exact) mass is 541 g/mol. The van der Waals surface area contributed by atoms with E-state index in [1.54, 1.807) is 33.1 Å². The third kappa shape index (κ3) is 4.05. The molecule has 6 atom stereocenters. The number of hydrogen-bond acceptors (Lipinski definition) is 11. The molecule has 0 heterocycles. The number of phenols is 1. The summed E-state index contributed by atoms with van der Waals surface area (Å²) in [5.41, 5.74) is 3.28. The van der Waals surface area contributed by atoms with E-state index in [0.717, 1.165) is 7.11 Å². The lowest BCUT2D eigenvalue weighted by Crippen LogP contribution is -2.73. The minimum absolute atomic E-state index is 0.00965. The van der Waals surface area contributed by atoms with Gasteiger partial charge in [0.05, 0.1) is 24.3 Å². The first-order valence-electron chi connectivity index (χ1n) is 12.2. The maximum Gasteiger partial charge on any atom is 0.384 e. The number of aromatic hydroxyl groups is 1. The molecule has 0 aliphatic heterocycles. The third-order valence-electron chi connectivity index (χ3n) is 8.03. The fourth-order valence-electron chi connectivity index (χ4n) is 6.32. The summed E-state index contributed by atoms with van der Waals surface area (Å²) in [6.45, 7) is 0. The molecule has 1 aromatic carbocycles. The summed E-state index contributed by atoms with van der Waals surface area (Å²) in [4.78, 5) is 54.3. The number of likely N-dealkylation sites (N-methyl/N-ethyl adjacent to an activating group) is 1. The van der Waals surface area contributed by atoms with Crippen LogP contribution in [0.3, 0.4) is 0 Å². The molecular formula is C27H31N3O9. The summed E-state index contributed by atoms with van der Waals surface area (Å²) in [6.07, 6.45) is -1.41. The second kappa shape index (κ2) is 9.68. The van der Waals surface area contributed by atoms with Crippen molar-refractivity contribution in [2.75, 3.05) is 40.2 Å². The number of aliphatic hydroxyl groups excluding tert-OH is 2. The molecule has 0 aromatic heterocycles. The van der Waals surface area contributed by atoms with Crippen molar-refractivity contribution >= 4 is 34.9 Å². The number of amides is 1. The lowest BCUT2D eigenvalue weighted by atomic mass is 9.54. The van der Waals surface area contributed by atoms with Crippen LogP contribution in [0.25, 0.3) is 5.76 Å². The summed E-state index contributed by atoms with van der Waals surface area (Å²) >= 11 is 0. The zero-order chi connectivity index (χ0) is 29.1. The van der Waals surface area contributed by atoms with Gasteiger partial charge in [0.1, 0.15) is 17.4 Å². The Morgan fingerprint density at radius 1 is 1.18 bits per heavy atom. The summed E-state index contributed by atoms with van der Waals surface area (Å²) in [5, 5.41) is 45.1. The first kappa shape index (κ1) is 28.1. The molecule has 1 amide bonds. The Labute approximate surface area is 224 Å². The van der Waals surface area contributed by atoms with Gasteiger partial charge in [0.2, 0.25) is 11.7 Å². The molecule has 0 bridgehead atoms. The van der Waals surface area contributed by atoms with E-state index < -0.39 is 70.5 Å². The molecule has 0 spiro atoms. The molecule has 4 rings (SSSR count). The van der Waals surface area contributed by atoms with E-state index >= 15 is 0 Å². The number of ketones is 2. The van der Waals surface area contributed by atoms with Gasteiger partial charge in [-0.05, 0) is 44.5 Å². The van der Waals surface area contributed by atoms with E-state index in [9.17, 15) is 39.6 Å². The van der Waals surface area contributed by atoms with Crippen LogP contribution < -0.4 is 10.6 Å². The van der Waals surface area contributed by atoms with Gasteiger partial charge in [-0.2, -0.15) is 0 Å². The van der Waals surface area contributed by atoms with Crippen molar-refractivity contribution in [1.82, 2.24) is 4.90 Å². The number of ether oxygens (including phenoxy) is 1. The van der Waals surface area contributed by atoms with Gasteiger partial charge in [-0.25, -0.2) is 4.79 Å². The van der Waals surface area contributed by atoms with Crippen molar-refractivity contribution in [2.24, 2.45) is 23.5 Å². The molecule has 2 saturated carbocycles. The summed E-state index contributed by atoms with van der Waals surface area (Å²) in [6, 6.07) is 0.564. The Morgan fingerprint density at radius 2 is 1.82 bits per heavy atom. The van der Waals surface area contributed by atoms with Gasteiger partial charge < -0.3 is 40.7 Å². The molecule has 208 valence electrons. The number of rotatable bonds is 3. The Hall–Kier alpha value is -3.92. The van der Waals surface area contributed by atoms with E-state index in [1.807, 2.05) is 0 Å². The van der Waals surface area contributed by atoms with Crippen LogP contribution in [-0.2, 0) is 30.3 Å². The highest BCUT2D eigenvalue weighted by atomic mass is 16.5. The molecule has 3 aliphatic carbocycles. The van der Waals surface area contributed by atoms with E-state index in [-0.39, 0.29) is 29.5 Å². The third-order valence-corrected chi connectivity index (χ3v) is 8.03. The van der Waals surface area contributed by atoms with Gasteiger partial charge in [-0.3, -0.25) is 14.4 Å². The van der Waals surface area contributed by atoms with Gasteiger partial charge in [0.25, 0.3) is 0 Å². The van der Waals surface area contributed by atoms with Crippen molar-refractivity contribution in [3.05, 3.63) is 28.3 Å². The van der Waals surface area contributed by atoms with Gasteiger partial charge in [0, 0.05) is 43.2 Å². The van der Waals surface area contributed by atoms with Crippen molar-refractivity contribution in [3.63, 3.8) is 0 Å². The van der Waals surface area contributed by atoms with Gasteiger partial charge in [-0.15, -0.1) is 0 Å². The predicted molar refractivity (Wildman–Crippen MR) is 137 cm³/mol. The topological polar surface area (TPSA) is 191 Å². The van der Waals surface area contributed by atoms with Crippen LogP contribution in [0.5, 0.6) is 5.75 Å². The molecule has 3 unspecified atom stereocenters. The number of benzene rings is 1. The van der Waals surface area contributed by atoms with Crippen LogP contribution in [0.4, 0.5) is 5.69 Å². The van der Waals surface area contributed by atoms with Crippen LogP contribution in [0, 0.1) is 29.6 Å². The summed E-state index contributed by atoms with van der Waals surface area (Å²) in [7, 11) is 7.78. The molecule has 3 aliphatic rings.